The monoisotopic (exact) mass is 525 g/mol. The molecule has 0 saturated carbocycles. The molecule has 12 nitrogen and oxygen atoms in total. The van der Waals surface area contributed by atoms with E-state index in [1.165, 1.54) is 36.4 Å². The first-order valence-corrected chi connectivity index (χ1v) is 10.6. The molecule has 0 aliphatic carbocycles. The van der Waals surface area contributed by atoms with Crippen molar-refractivity contribution in [2.24, 2.45) is 0 Å². The predicted molar refractivity (Wildman–Crippen MR) is 131 cm³/mol. The van der Waals surface area contributed by atoms with Gasteiger partial charge < -0.3 is 38.6 Å². The minimum atomic E-state index is -0.820. The zero-order valence-electron chi connectivity index (χ0n) is 20.0. The van der Waals surface area contributed by atoms with E-state index in [1.54, 1.807) is 0 Å². The van der Waals surface area contributed by atoms with Gasteiger partial charge >= 0.3 is 23.9 Å². The molecule has 0 atom stereocenters. The van der Waals surface area contributed by atoms with Crippen molar-refractivity contribution in [3.05, 3.63) is 85.5 Å². The van der Waals surface area contributed by atoms with Crippen LogP contribution >= 0.6 is 0 Å². The third kappa shape index (κ3) is 9.00. The summed E-state index contributed by atoms with van der Waals surface area (Å²) in [5.41, 5.74) is 0.209. The standard InChI is InChI=1S/C26H23NO11/c1-4-23(28)35-14-32-19-8-10-20(18(11-19)13-27)38-26(31)17-7-9-21(33-15-36-24(29)5-2)22(12-17)34-16-37-25(30)6-3/h4-13,27H,1-3,14-16H2. The maximum atomic E-state index is 12.8. The summed E-state index contributed by atoms with van der Waals surface area (Å²) in [5.74, 6) is -2.62. The third-order valence-electron chi connectivity index (χ3n) is 4.28. The molecule has 0 fully saturated rings. The van der Waals surface area contributed by atoms with E-state index in [-0.39, 0.29) is 40.9 Å². The number of carbonyl (C=O) groups is 4. The molecule has 0 saturated heterocycles. The van der Waals surface area contributed by atoms with Crippen LogP contribution in [0.5, 0.6) is 23.0 Å². The van der Waals surface area contributed by atoms with Gasteiger partial charge in [0.05, 0.1) is 5.56 Å². The first-order valence-electron chi connectivity index (χ1n) is 10.6. The summed E-state index contributed by atoms with van der Waals surface area (Å²) < 4.78 is 35.6. The van der Waals surface area contributed by atoms with Crippen LogP contribution in [0.1, 0.15) is 15.9 Å². The van der Waals surface area contributed by atoms with Crippen LogP contribution < -0.4 is 18.9 Å². The molecule has 0 heterocycles. The number of hydrogen-bond donors (Lipinski definition) is 1. The maximum Gasteiger partial charge on any atom is 0.343 e. The number of nitrogens with one attached hydrogen (secondary N) is 1. The molecule has 0 spiro atoms. The molecule has 0 aliphatic heterocycles. The van der Waals surface area contributed by atoms with E-state index in [0.717, 1.165) is 24.4 Å². The minimum Gasteiger partial charge on any atom is -0.457 e. The van der Waals surface area contributed by atoms with Crippen LogP contribution in [0.25, 0.3) is 0 Å². The summed E-state index contributed by atoms with van der Waals surface area (Å²) >= 11 is 0. The highest BCUT2D eigenvalue weighted by molar-refractivity contribution is 5.93. The summed E-state index contributed by atoms with van der Waals surface area (Å²) in [7, 11) is 0. The molecule has 0 amide bonds. The Kier molecular flexibility index (Phi) is 11.3. The van der Waals surface area contributed by atoms with Crippen molar-refractivity contribution < 1.29 is 52.3 Å². The lowest BCUT2D eigenvalue weighted by Gasteiger charge is -2.14. The van der Waals surface area contributed by atoms with Gasteiger partial charge in [-0.3, -0.25) is 0 Å². The van der Waals surface area contributed by atoms with Crippen molar-refractivity contribution >= 4 is 30.1 Å². The Morgan fingerprint density at radius 3 is 1.76 bits per heavy atom. The van der Waals surface area contributed by atoms with E-state index in [1.807, 2.05) is 0 Å². The molecule has 2 aromatic rings. The molecule has 2 rings (SSSR count). The molecule has 0 aromatic heterocycles. The smallest absolute Gasteiger partial charge is 0.343 e. The normalized spacial score (nSPS) is 9.68. The predicted octanol–water partition coefficient (Wildman–Crippen LogP) is 3.10. The fourth-order valence-corrected chi connectivity index (χ4v) is 2.48. The van der Waals surface area contributed by atoms with Gasteiger partial charge in [-0.05, 0) is 36.4 Å². The van der Waals surface area contributed by atoms with E-state index in [9.17, 15) is 19.2 Å². The molecule has 0 unspecified atom stereocenters. The van der Waals surface area contributed by atoms with E-state index >= 15 is 0 Å². The first kappa shape index (κ1) is 28.8. The van der Waals surface area contributed by atoms with Gasteiger partial charge in [0.2, 0.25) is 20.4 Å². The number of carbonyl (C=O) groups excluding carboxylic acids is 4. The van der Waals surface area contributed by atoms with Crippen LogP contribution in [0.2, 0.25) is 0 Å². The lowest BCUT2D eigenvalue weighted by atomic mass is 10.2. The van der Waals surface area contributed by atoms with Gasteiger partial charge in [-0.1, -0.05) is 19.7 Å². The maximum absolute atomic E-state index is 12.8. The van der Waals surface area contributed by atoms with Crippen LogP contribution in [0, 0.1) is 5.41 Å². The first-order chi connectivity index (χ1) is 18.3. The molecule has 0 bridgehead atoms. The van der Waals surface area contributed by atoms with E-state index in [0.29, 0.717) is 0 Å². The summed E-state index contributed by atoms with van der Waals surface area (Å²) in [6.45, 7) is 8.41. The van der Waals surface area contributed by atoms with Gasteiger partial charge in [0.1, 0.15) is 11.5 Å². The Labute approximate surface area is 217 Å². The Hall–Kier alpha value is -5.39. The fraction of sp³-hybridized carbons (Fsp3) is 0.115. The summed E-state index contributed by atoms with van der Waals surface area (Å²) in [4.78, 5) is 46.4. The zero-order chi connectivity index (χ0) is 27.9. The number of benzene rings is 2. The van der Waals surface area contributed by atoms with Gasteiger partial charge in [0.15, 0.2) is 11.5 Å². The molecule has 0 radical (unpaired) electrons. The Morgan fingerprint density at radius 1 is 0.684 bits per heavy atom. The van der Waals surface area contributed by atoms with Crippen molar-refractivity contribution in [3.63, 3.8) is 0 Å². The van der Waals surface area contributed by atoms with Crippen molar-refractivity contribution in [2.75, 3.05) is 20.4 Å². The van der Waals surface area contributed by atoms with Crippen LogP contribution in [0.4, 0.5) is 0 Å². The highest BCUT2D eigenvalue weighted by atomic mass is 16.7. The second-order valence-corrected chi connectivity index (χ2v) is 6.68. The minimum absolute atomic E-state index is 0.0121. The van der Waals surface area contributed by atoms with Gasteiger partial charge in [-0.2, -0.15) is 0 Å². The number of ether oxygens (including phenoxy) is 7. The van der Waals surface area contributed by atoms with E-state index in [4.69, 9.17) is 38.6 Å². The topological polar surface area (TPSA) is 157 Å². The highest BCUT2D eigenvalue weighted by Crippen LogP contribution is 2.30. The second kappa shape index (κ2) is 14.9. The van der Waals surface area contributed by atoms with Crippen molar-refractivity contribution in [2.45, 2.75) is 0 Å². The summed E-state index contributed by atoms with van der Waals surface area (Å²) in [5, 5.41) is 7.61. The van der Waals surface area contributed by atoms with Crippen molar-refractivity contribution in [1.29, 1.82) is 5.41 Å². The molecular formula is C26H23NO11. The highest BCUT2D eigenvalue weighted by Gasteiger charge is 2.17. The molecule has 198 valence electrons. The average Bonchev–Trinajstić information content (AvgIpc) is 2.93. The van der Waals surface area contributed by atoms with Crippen LogP contribution in [0.15, 0.2) is 74.4 Å². The molecular weight excluding hydrogens is 502 g/mol. The third-order valence-corrected chi connectivity index (χ3v) is 4.28. The Morgan fingerprint density at radius 2 is 1.21 bits per heavy atom. The molecule has 12 heteroatoms. The van der Waals surface area contributed by atoms with Gasteiger partial charge in [-0.25, -0.2) is 19.2 Å². The van der Waals surface area contributed by atoms with Gasteiger partial charge in [-0.15, -0.1) is 0 Å². The Balaban J connectivity index is 2.17. The average molecular weight is 525 g/mol. The lowest BCUT2D eigenvalue weighted by molar-refractivity contribution is -0.146. The van der Waals surface area contributed by atoms with Gasteiger partial charge in [0.25, 0.3) is 0 Å². The lowest BCUT2D eigenvalue weighted by Crippen LogP contribution is -2.13. The SMILES string of the molecule is C=CC(=O)OCOc1ccc(OC(=O)c2ccc(OCOC(=O)C=C)c(OCOC(=O)C=C)c2)c(C=N)c1. The van der Waals surface area contributed by atoms with Crippen molar-refractivity contribution in [1.82, 2.24) is 0 Å². The van der Waals surface area contributed by atoms with Crippen LogP contribution in [0.3, 0.4) is 0 Å². The molecule has 2 aromatic carbocycles. The van der Waals surface area contributed by atoms with E-state index < -0.39 is 37.5 Å². The number of esters is 4. The molecule has 1 N–H and O–H groups in total. The largest absolute Gasteiger partial charge is 0.457 e. The van der Waals surface area contributed by atoms with Crippen molar-refractivity contribution in [3.8, 4) is 23.0 Å². The summed E-state index contributed by atoms with van der Waals surface area (Å²) in [6.07, 6.45) is 3.81. The number of rotatable bonds is 15. The van der Waals surface area contributed by atoms with Crippen LogP contribution in [-0.2, 0) is 28.6 Å². The fourth-order valence-electron chi connectivity index (χ4n) is 2.48. The van der Waals surface area contributed by atoms with E-state index in [2.05, 4.69) is 19.7 Å². The number of hydrogen-bond acceptors (Lipinski definition) is 12. The van der Waals surface area contributed by atoms with Gasteiger partial charge in [0, 0.05) is 30.0 Å². The molecule has 38 heavy (non-hydrogen) atoms. The zero-order valence-corrected chi connectivity index (χ0v) is 20.0. The summed E-state index contributed by atoms with van der Waals surface area (Å²) in [6, 6.07) is 8.19. The Bertz CT molecular complexity index is 1240. The quantitative estimate of drug-likeness (QED) is 0.0910. The van der Waals surface area contributed by atoms with Crippen LogP contribution in [-0.4, -0.2) is 50.5 Å². The molecule has 0 aliphatic rings. The second-order valence-electron chi connectivity index (χ2n) is 6.68.